The van der Waals surface area contributed by atoms with E-state index in [1.165, 1.54) is 6.92 Å². The normalized spacial score (nSPS) is 19.4. The van der Waals surface area contributed by atoms with E-state index >= 15 is 0 Å². The van der Waals surface area contributed by atoms with Crippen molar-refractivity contribution >= 4 is 15.9 Å². The maximum atomic E-state index is 12.3. The number of hydrogen-bond donors (Lipinski definition) is 2. The van der Waals surface area contributed by atoms with Crippen LogP contribution in [0.5, 0.6) is 0 Å². The van der Waals surface area contributed by atoms with Crippen LogP contribution in [-0.4, -0.2) is 54.7 Å². The zero-order valence-electron chi connectivity index (χ0n) is 13.6. The van der Waals surface area contributed by atoms with Crippen LogP contribution in [0.1, 0.15) is 31.0 Å². The molecule has 1 aliphatic rings. The summed E-state index contributed by atoms with van der Waals surface area (Å²) < 4.78 is 24.7. The largest absolute Gasteiger partial charge is 0.383 e. The van der Waals surface area contributed by atoms with Crippen molar-refractivity contribution in [3.8, 4) is 0 Å². The minimum Gasteiger partial charge on any atom is -0.383 e. The predicted molar refractivity (Wildman–Crippen MR) is 86.1 cm³/mol. The average Bonchev–Trinajstić information content (AvgIpc) is 2.46. The van der Waals surface area contributed by atoms with Gasteiger partial charge in [0.05, 0.1) is 18.0 Å². The quantitative estimate of drug-likeness (QED) is 0.811. The first-order valence-corrected chi connectivity index (χ1v) is 9.41. The number of aromatic nitrogens is 1. The minimum absolute atomic E-state index is 0.283. The van der Waals surface area contributed by atoms with E-state index in [9.17, 15) is 18.3 Å². The number of carbonyl (C=O) groups excluding carboxylic acids is 1. The number of rotatable bonds is 4. The number of hydrogen-bond acceptors (Lipinski definition) is 5. The van der Waals surface area contributed by atoms with E-state index in [2.05, 4.69) is 9.71 Å². The van der Waals surface area contributed by atoms with Crippen molar-refractivity contribution in [2.45, 2.75) is 38.3 Å². The lowest BCUT2D eigenvalue weighted by molar-refractivity contribution is -0.137. The van der Waals surface area contributed by atoms with E-state index < -0.39 is 21.7 Å². The van der Waals surface area contributed by atoms with E-state index in [0.29, 0.717) is 31.6 Å². The van der Waals surface area contributed by atoms with Gasteiger partial charge in [-0.3, -0.25) is 9.78 Å². The molecule has 1 amide bonds. The van der Waals surface area contributed by atoms with Gasteiger partial charge in [0.2, 0.25) is 15.9 Å². The Balaban J connectivity index is 2.00. The second kappa shape index (κ2) is 6.54. The summed E-state index contributed by atoms with van der Waals surface area (Å²) in [5.41, 5.74) is 0.584. The van der Waals surface area contributed by atoms with Crippen molar-refractivity contribution in [1.82, 2.24) is 14.6 Å². The predicted octanol–water partition coefficient (Wildman–Crippen LogP) is 0.138. The highest BCUT2D eigenvalue weighted by Crippen LogP contribution is 2.31. The molecule has 0 bridgehead atoms. The molecule has 1 aromatic heterocycles. The number of nitrogens with one attached hydrogen (secondary N) is 1. The van der Waals surface area contributed by atoms with Gasteiger partial charge in [0.25, 0.3) is 0 Å². The highest BCUT2D eigenvalue weighted by atomic mass is 32.2. The maximum absolute atomic E-state index is 12.3. The standard InChI is InChI=1S/C15H23N3O4S/c1-11-4-5-13(16-10-11)15(20)6-8-18(9-7-15)14(19)12(2)17-23(3,21)22/h4-5,10,12,17,20H,6-9H2,1-3H3. The molecular weight excluding hydrogens is 318 g/mol. The van der Waals surface area contributed by atoms with Crippen LogP contribution in [-0.2, 0) is 20.4 Å². The summed E-state index contributed by atoms with van der Waals surface area (Å²) in [6.45, 7) is 4.17. The molecule has 2 rings (SSSR count). The zero-order chi connectivity index (χ0) is 17.3. The second-order valence-electron chi connectivity index (χ2n) is 6.19. The number of sulfonamides is 1. The highest BCUT2D eigenvalue weighted by Gasteiger charge is 2.37. The van der Waals surface area contributed by atoms with E-state index in [1.54, 1.807) is 17.2 Å². The number of nitrogens with zero attached hydrogens (tertiary/aromatic N) is 2. The van der Waals surface area contributed by atoms with Crippen LogP contribution in [0, 0.1) is 6.92 Å². The molecular formula is C15H23N3O4S. The van der Waals surface area contributed by atoms with Crippen molar-refractivity contribution in [1.29, 1.82) is 0 Å². The van der Waals surface area contributed by atoms with Crippen LogP contribution < -0.4 is 4.72 Å². The zero-order valence-corrected chi connectivity index (χ0v) is 14.4. The molecule has 7 nitrogen and oxygen atoms in total. The fourth-order valence-electron chi connectivity index (χ4n) is 2.74. The lowest BCUT2D eigenvalue weighted by atomic mass is 9.87. The van der Waals surface area contributed by atoms with Crippen LogP contribution in [0.25, 0.3) is 0 Å². The third kappa shape index (κ3) is 4.49. The number of amides is 1. The molecule has 0 radical (unpaired) electrons. The van der Waals surface area contributed by atoms with Crippen LogP contribution in [0.2, 0.25) is 0 Å². The molecule has 128 valence electrons. The van der Waals surface area contributed by atoms with Gasteiger partial charge < -0.3 is 10.0 Å². The third-order valence-electron chi connectivity index (χ3n) is 4.05. The molecule has 1 saturated heterocycles. The summed E-state index contributed by atoms with van der Waals surface area (Å²) in [7, 11) is -3.43. The maximum Gasteiger partial charge on any atom is 0.240 e. The summed E-state index contributed by atoms with van der Waals surface area (Å²) in [6.07, 6.45) is 3.48. The molecule has 1 aromatic rings. The fraction of sp³-hybridized carbons (Fsp3) is 0.600. The van der Waals surface area contributed by atoms with Crippen molar-refractivity contribution in [3.05, 3.63) is 29.6 Å². The number of aliphatic hydroxyl groups is 1. The van der Waals surface area contributed by atoms with Gasteiger partial charge in [0.1, 0.15) is 5.60 Å². The van der Waals surface area contributed by atoms with E-state index in [1.807, 2.05) is 13.0 Å². The molecule has 2 heterocycles. The average molecular weight is 341 g/mol. The van der Waals surface area contributed by atoms with E-state index in [0.717, 1.165) is 11.8 Å². The van der Waals surface area contributed by atoms with Gasteiger partial charge in [0, 0.05) is 19.3 Å². The third-order valence-corrected chi connectivity index (χ3v) is 4.83. The first-order valence-electron chi connectivity index (χ1n) is 7.52. The molecule has 2 N–H and O–H groups in total. The van der Waals surface area contributed by atoms with E-state index in [-0.39, 0.29) is 5.91 Å². The van der Waals surface area contributed by atoms with Gasteiger partial charge in [-0.1, -0.05) is 6.07 Å². The van der Waals surface area contributed by atoms with E-state index in [4.69, 9.17) is 0 Å². The van der Waals surface area contributed by atoms with Crippen molar-refractivity contribution in [2.75, 3.05) is 19.3 Å². The number of likely N-dealkylation sites (tertiary alicyclic amines) is 1. The molecule has 1 fully saturated rings. The Kier molecular flexibility index (Phi) is 5.07. The van der Waals surface area contributed by atoms with Crippen molar-refractivity contribution in [2.24, 2.45) is 0 Å². The first-order chi connectivity index (χ1) is 10.6. The molecule has 0 aromatic carbocycles. The summed E-state index contributed by atoms with van der Waals surface area (Å²) in [4.78, 5) is 18.1. The van der Waals surface area contributed by atoms with Crippen molar-refractivity contribution < 1.29 is 18.3 Å². The van der Waals surface area contributed by atoms with Gasteiger partial charge in [-0.2, -0.15) is 0 Å². The Morgan fingerprint density at radius 3 is 2.48 bits per heavy atom. The van der Waals surface area contributed by atoms with Gasteiger partial charge in [-0.25, -0.2) is 13.1 Å². The Bertz CT molecular complexity index is 664. The second-order valence-corrected chi connectivity index (χ2v) is 7.97. The summed E-state index contributed by atoms with van der Waals surface area (Å²) in [5, 5.41) is 10.7. The van der Waals surface area contributed by atoms with Crippen molar-refractivity contribution in [3.63, 3.8) is 0 Å². The topological polar surface area (TPSA) is 99.6 Å². The van der Waals surface area contributed by atoms with Crippen LogP contribution >= 0.6 is 0 Å². The molecule has 8 heteroatoms. The molecule has 1 atom stereocenters. The molecule has 1 aliphatic heterocycles. The molecule has 0 spiro atoms. The lowest BCUT2D eigenvalue weighted by Crippen LogP contribution is -2.51. The van der Waals surface area contributed by atoms with Gasteiger partial charge in [-0.05, 0) is 38.3 Å². The Morgan fingerprint density at radius 1 is 1.39 bits per heavy atom. The molecule has 0 aliphatic carbocycles. The molecule has 1 unspecified atom stereocenters. The highest BCUT2D eigenvalue weighted by molar-refractivity contribution is 7.88. The number of carbonyl (C=O) groups is 1. The summed E-state index contributed by atoms with van der Waals surface area (Å²) in [5.74, 6) is -0.283. The SMILES string of the molecule is Cc1ccc(C2(O)CCN(C(=O)C(C)NS(C)(=O)=O)CC2)nc1. The molecule has 23 heavy (non-hydrogen) atoms. The number of aryl methyl sites for hydroxylation is 1. The summed E-state index contributed by atoms with van der Waals surface area (Å²) >= 11 is 0. The fourth-order valence-corrected chi connectivity index (χ4v) is 3.48. The van der Waals surface area contributed by atoms with Crippen LogP contribution in [0.4, 0.5) is 0 Å². The van der Waals surface area contributed by atoms with Crippen LogP contribution in [0.3, 0.4) is 0 Å². The van der Waals surface area contributed by atoms with Crippen LogP contribution in [0.15, 0.2) is 18.3 Å². The monoisotopic (exact) mass is 341 g/mol. The van der Waals surface area contributed by atoms with Gasteiger partial charge in [0.15, 0.2) is 0 Å². The lowest BCUT2D eigenvalue weighted by Gasteiger charge is -2.38. The van der Waals surface area contributed by atoms with Gasteiger partial charge in [-0.15, -0.1) is 0 Å². The first kappa shape index (κ1) is 17.8. The Morgan fingerprint density at radius 2 is 2.00 bits per heavy atom. The Hall–Kier alpha value is -1.51. The summed E-state index contributed by atoms with van der Waals surface area (Å²) in [6, 6.07) is 2.89. The minimum atomic E-state index is -3.43. The number of piperidine rings is 1. The smallest absolute Gasteiger partial charge is 0.240 e. The number of pyridine rings is 1. The molecule has 0 saturated carbocycles. The Labute approximate surface area is 136 Å². The van der Waals surface area contributed by atoms with Gasteiger partial charge >= 0.3 is 0 Å².